The van der Waals surface area contributed by atoms with Crippen molar-refractivity contribution in [2.24, 2.45) is 0 Å². The predicted octanol–water partition coefficient (Wildman–Crippen LogP) is -0.207. The van der Waals surface area contributed by atoms with E-state index in [1.807, 2.05) is 0 Å². The molecule has 0 radical (unpaired) electrons. The van der Waals surface area contributed by atoms with Crippen LogP contribution in [0.1, 0.15) is 10.4 Å². The molecule has 0 bridgehead atoms. The molecule has 12 heavy (non-hydrogen) atoms. The normalized spacial score (nSPS) is 7.67. The van der Waals surface area contributed by atoms with E-state index < -0.39 is 5.97 Å². The van der Waals surface area contributed by atoms with Gasteiger partial charge in [-0.3, -0.25) is 0 Å². The zero-order chi connectivity index (χ0) is 7.56. The summed E-state index contributed by atoms with van der Waals surface area (Å²) in [5.41, 5.74) is 0.179. The summed E-state index contributed by atoms with van der Waals surface area (Å²) in [5.74, 6) is -0.912. The molecule has 5 heteroatoms. The quantitative estimate of drug-likeness (QED) is 0.642. The molecular weight excluding hydrogens is 210 g/mol. The Balaban J connectivity index is 0. The van der Waals surface area contributed by atoms with Crippen LogP contribution >= 0.6 is 0 Å². The fraction of sp³-hybridized carbons (Fsp3) is 0. The first kappa shape index (κ1) is 16.2. The van der Waals surface area contributed by atoms with Crippen LogP contribution in [0.2, 0.25) is 0 Å². The minimum absolute atomic E-state index is 0. The van der Waals surface area contributed by atoms with Crippen molar-refractivity contribution in [3.8, 4) is 5.75 Å². The molecule has 0 aliphatic rings. The van der Waals surface area contributed by atoms with Crippen molar-refractivity contribution in [2.45, 2.75) is 0 Å². The van der Waals surface area contributed by atoms with Gasteiger partial charge in [0.25, 0.3) is 0 Å². The Morgan fingerprint density at radius 3 is 1.83 bits per heavy atom. The number of phenols is 1. The van der Waals surface area contributed by atoms with Crippen LogP contribution < -0.4 is 0 Å². The van der Waals surface area contributed by atoms with Crippen molar-refractivity contribution >= 4 is 109 Å². The number of carbonyl (C=O) groups is 1. The van der Waals surface area contributed by atoms with Gasteiger partial charge in [0.05, 0.1) is 5.56 Å². The van der Waals surface area contributed by atoms with Gasteiger partial charge in [-0.15, -0.1) is 0 Å². The Kier molecular flexibility index (Phi) is 10.9. The first-order chi connectivity index (χ1) is 4.70. The Morgan fingerprint density at radius 2 is 1.50 bits per heavy atom. The van der Waals surface area contributed by atoms with Crippen LogP contribution in [0.5, 0.6) is 5.75 Å². The zero-order valence-electron chi connectivity index (χ0n) is 5.11. The molecule has 0 heterocycles. The second kappa shape index (κ2) is 8.10. The molecular formula is C7H8K2O3. The topological polar surface area (TPSA) is 57.5 Å². The summed E-state index contributed by atoms with van der Waals surface area (Å²) in [7, 11) is 0. The summed E-state index contributed by atoms with van der Waals surface area (Å²) in [6, 6.07) is 5.36. The second-order valence-corrected chi connectivity index (χ2v) is 1.85. The van der Waals surface area contributed by atoms with Crippen LogP contribution in [0.3, 0.4) is 0 Å². The average Bonchev–Trinajstić information content (AvgIpc) is 1.88. The minimum atomic E-state index is -0.986. The van der Waals surface area contributed by atoms with E-state index >= 15 is 0 Å². The Labute approximate surface area is 155 Å². The number of benzene rings is 1. The number of phenolic OH excluding ortho intramolecular Hbond substituents is 1. The van der Waals surface area contributed by atoms with Crippen molar-refractivity contribution in [3.63, 3.8) is 0 Å². The van der Waals surface area contributed by atoms with E-state index in [9.17, 15) is 4.79 Å². The molecule has 0 saturated heterocycles. The molecule has 1 rings (SSSR count). The summed E-state index contributed by atoms with van der Waals surface area (Å²) in [5, 5.41) is 17.1. The van der Waals surface area contributed by atoms with Crippen LogP contribution in [-0.4, -0.2) is 119 Å². The first-order valence-electron chi connectivity index (χ1n) is 2.72. The van der Waals surface area contributed by atoms with Crippen LogP contribution in [0, 0.1) is 0 Å². The molecule has 0 spiro atoms. The number of hydrogen-bond acceptors (Lipinski definition) is 2. The molecule has 0 fully saturated rings. The monoisotopic (exact) mass is 218 g/mol. The van der Waals surface area contributed by atoms with Crippen LogP contribution in [0.4, 0.5) is 0 Å². The van der Waals surface area contributed by atoms with Crippen LogP contribution in [-0.2, 0) is 0 Å². The van der Waals surface area contributed by atoms with E-state index in [1.165, 1.54) is 24.3 Å². The number of rotatable bonds is 1. The van der Waals surface area contributed by atoms with Crippen molar-refractivity contribution in [1.29, 1.82) is 0 Å². The molecule has 0 saturated carbocycles. The fourth-order valence-corrected chi connectivity index (χ4v) is 0.604. The molecule has 56 valence electrons. The molecule has 1 aromatic carbocycles. The summed E-state index contributed by atoms with van der Waals surface area (Å²) >= 11 is 0. The third-order valence-electron chi connectivity index (χ3n) is 1.11. The van der Waals surface area contributed by atoms with Gasteiger partial charge in [-0.05, 0) is 24.3 Å². The van der Waals surface area contributed by atoms with Gasteiger partial charge in [-0.25, -0.2) is 4.79 Å². The van der Waals surface area contributed by atoms with Crippen molar-refractivity contribution in [3.05, 3.63) is 29.8 Å². The number of aromatic carboxylic acids is 1. The van der Waals surface area contributed by atoms with Gasteiger partial charge < -0.3 is 10.2 Å². The van der Waals surface area contributed by atoms with Crippen LogP contribution in [0.25, 0.3) is 0 Å². The van der Waals surface area contributed by atoms with Crippen molar-refractivity contribution < 1.29 is 15.0 Å². The van der Waals surface area contributed by atoms with Gasteiger partial charge in [0, 0.05) is 0 Å². The van der Waals surface area contributed by atoms with Gasteiger partial charge in [-0.2, -0.15) is 0 Å². The summed E-state index contributed by atoms with van der Waals surface area (Å²) in [6.45, 7) is 0. The number of hydrogen-bond donors (Lipinski definition) is 2. The standard InChI is InChI=1S/C7H6O3.2K.2H/c8-6-3-1-5(2-4-6)7(9)10;;;;/h1-4,8H,(H,9,10);;;;. The van der Waals surface area contributed by atoms with Crippen molar-refractivity contribution in [1.82, 2.24) is 0 Å². The van der Waals surface area contributed by atoms with Gasteiger partial charge in [0.2, 0.25) is 0 Å². The fourth-order valence-electron chi connectivity index (χ4n) is 0.604. The Bertz CT molecular complexity index is 245. The van der Waals surface area contributed by atoms with Gasteiger partial charge in [0.1, 0.15) is 5.75 Å². The molecule has 2 N–H and O–H groups in total. The van der Waals surface area contributed by atoms with Gasteiger partial charge in [0.15, 0.2) is 0 Å². The molecule has 0 aliphatic heterocycles. The molecule has 0 aliphatic carbocycles. The molecule has 0 aromatic heterocycles. The second-order valence-electron chi connectivity index (χ2n) is 1.85. The third kappa shape index (κ3) is 5.48. The van der Waals surface area contributed by atoms with Crippen LogP contribution in [0.15, 0.2) is 24.3 Å². The summed E-state index contributed by atoms with van der Waals surface area (Å²) < 4.78 is 0. The number of carboxylic acids is 1. The zero-order valence-corrected chi connectivity index (χ0v) is 5.11. The summed E-state index contributed by atoms with van der Waals surface area (Å²) in [4.78, 5) is 10.2. The summed E-state index contributed by atoms with van der Waals surface area (Å²) in [6.07, 6.45) is 0. The van der Waals surface area contributed by atoms with Crippen molar-refractivity contribution in [2.75, 3.05) is 0 Å². The predicted molar refractivity (Wildman–Crippen MR) is 49.4 cm³/mol. The number of aromatic hydroxyl groups is 1. The SMILES string of the molecule is O=C(O)c1ccc(O)cc1.[KH].[KH]. The molecule has 1 aromatic rings. The van der Waals surface area contributed by atoms with E-state index in [-0.39, 0.29) is 114 Å². The Hall–Kier alpha value is 1.76. The third-order valence-corrected chi connectivity index (χ3v) is 1.11. The molecule has 0 atom stereocenters. The van der Waals surface area contributed by atoms with E-state index in [4.69, 9.17) is 10.2 Å². The molecule has 0 amide bonds. The maximum absolute atomic E-state index is 10.2. The van der Waals surface area contributed by atoms with Gasteiger partial charge >= 0.3 is 109 Å². The van der Waals surface area contributed by atoms with Gasteiger partial charge in [-0.1, -0.05) is 0 Å². The van der Waals surface area contributed by atoms with E-state index in [1.54, 1.807) is 0 Å². The maximum atomic E-state index is 10.2. The van der Waals surface area contributed by atoms with E-state index in [2.05, 4.69) is 0 Å². The van der Waals surface area contributed by atoms with E-state index in [0.29, 0.717) is 0 Å². The average molecular weight is 218 g/mol. The molecule has 0 unspecified atom stereocenters. The first-order valence-corrected chi connectivity index (χ1v) is 2.72. The number of carboxylic acid groups (broad SMARTS) is 1. The Morgan fingerprint density at radius 1 is 1.08 bits per heavy atom. The molecule has 3 nitrogen and oxygen atoms in total. The van der Waals surface area contributed by atoms with E-state index in [0.717, 1.165) is 0 Å².